The Bertz CT molecular complexity index is 463. The fourth-order valence-corrected chi connectivity index (χ4v) is 1.94. The third kappa shape index (κ3) is 2.73. The van der Waals surface area contributed by atoms with E-state index >= 15 is 0 Å². The molecule has 18 heavy (non-hydrogen) atoms. The highest BCUT2D eigenvalue weighted by Gasteiger charge is 2.27. The summed E-state index contributed by atoms with van der Waals surface area (Å²) in [7, 11) is 1.23. The van der Waals surface area contributed by atoms with E-state index in [0.29, 0.717) is 0 Å². The van der Waals surface area contributed by atoms with E-state index in [0.717, 1.165) is 0 Å². The molecule has 0 fully saturated rings. The van der Waals surface area contributed by atoms with Crippen molar-refractivity contribution in [2.45, 2.75) is 13.0 Å². The maximum atomic E-state index is 13.7. The number of aromatic hydroxyl groups is 1. The highest BCUT2D eigenvalue weighted by molar-refractivity contribution is 9.10. The Morgan fingerprint density at radius 3 is 2.72 bits per heavy atom. The molecule has 0 saturated carbocycles. The van der Waals surface area contributed by atoms with Crippen molar-refractivity contribution in [2.75, 3.05) is 13.7 Å². The van der Waals surface area contributed by atoms with Gasteiger partial charge in [0.15, 0.2) is 17.6 Å². The number of rotatable bonds is 4. The molecule has 0 bridgehead atoms. The first-order valence-corrected chi connectivity index (χ1v) is 5.82. The van der Waals surface area contributed by atoms with Gasteiger partial charge < -0.3 is 19.7 Å². The van der Waals surface area contributed by atoms with Gasteiger partial charge in [-0.3, -0.25) is 0 Å². The van der Waals surface area contributed by atoms with Crippen LogP contribution in [0.1, 0.15) is 18.6 Å². The summed E-state index contributed by atoms with van der Waals surface area (Å²) < 4.78 is 23.1. The van der Waals surface area contributed by atoms with Crippen LogP contribution in [0.5, 0.6) is 11.5 Å². The topological polar surface area (TPSA) is 76.0 Å². The third-order valence-electron chi connectivity index (χ3n) is 2.19. The Labute approximate surface area is 111 Å². The van der Waals surface area contributed by atoms with Crippen LogP contribution in [0.25, 0.3) is 0 Å². The Kier molecular flexibility index (Phi) is 4.92. The zero-order chi connectivity index (χ0) is 13.9. The van der Waals surface area contributed by atoms with Gasteiger partial charge in [0.25, 0.3) is 0 Å². The number of ether oxygens (including phenoxy) is 2. The van der Waals surface area contributed by atoms with Crippen LogP contribution in [0.4, 0.5) is 4.39 Å². The molecule has 0 spiro atoms. The summed E-state index contributed by atoms with van der Waals surface area (Å²) >= 11 is 3.01. The van der Waals surface area contributed by atoms with Crippen molar-refractivity contribution in [2.24, 2.45) is 0 Å². The van der Waals surface area contributed by atoms with Crippen molar-refractivity contribution in [3.8, 4) is 11.5 Å². The molecule has 1 unspecified atom stereocenters. The summed E-state index contributed by atoms with van der Waals surface area (Å²) in [6, 6.07) is 1.19. The van der Waals surface area contributed by atoms with Gasteiger partial charge in [-0.2, -0.15) is 4.39 Å². The van der Waals surface area contributed by atoms with Gasteiger partial charge in [0.2, 0.25) is 5.82 Å². The first kappa shape index (κ1) is 14.7. The normalized spacial score (nSPS) is 12.1. The summed E-state index contributed by atoms with van der Waals surface area (Å²) in [5.74, 6) is -3.10. The van der Waals surface area contributed by atoms with Crippen molar-refractivity contribution in [3.05, 3.63) is 21.9 Å². The number of aliphatic hydroxyl groups is 1. The van der Waals surface area contributed by atoms with Crippen LogP contribution in [0.15, 0.2) is 10.5 Å². The number of aliphatic hydroxyl groups excluding tert-OH is 1. The van der Waals surface area contributed by atoms with Gasteiger partial charge >= 0.3 is 5.97 Å². The first-order valence-electron chi connectivity index (χ1n) is 5.03. The number of methoxy groups -OCH3 is 1. The van der Waals surface area contributed by atoms with Gasteiger partial charge in [0, 0.05) is 5.56 Å². The lowest BCUT2D eigenvalue weighted by molar-refractivity contribution is -0.153. The second kappa shape index (κ2) is 6.01. The van der Waals surface area contributed by atoms with E-state index in [2.05, 4.69) is 20.7 Å². The van der Waals surface area contributed by atoms with Crippen molar-refractivity contribution < 1.29 is 28.9 Å². The van der Waals surface area contributed by atoms with E-state index in [-0.39, 0.29) is 22.4 Å². The number of esters is 1. The lowest BCUT2D eigenvalue weighted by atomic mass is 10.1. The molecule has 2 N–H and O–H groups in total. The van der Waals surface area contributed by atoms with Crippen molar-refractivity contribution in [3.63, 3.8) is 0 Å². The van der Waals surface area contributed by atoms with Crippen molar-refractivity contribution in [1.82, 2.24) is 0 Å². The molecule has 7 heteroatoms. The molecule has 0 saturated heterocycles. The van der Waals surface area contributed by atoms with Gasteiger partial charge in [0.05, 0.1) is 18.2 Å². The Morgan fingerprint density at radius 1 is 1.61 bits per heavy atom. The summed E-state index contributed by atoms with van der Waals surface area (Å²) in [4.78, 5) is 11.3. The number of carbonyl (C=O) groups excluding carboxylic acids is 1. The van der Waals surface area contributed by atoms with E-state index in [1.54, 1.807) is 6.92 Å². The number of hydrogen-bond donors (Lipinski definition) is 2. The minimum Gasteiger partial charge on any atom is -0.504 e. The second-order valence-electron chi connectivity index (χ2n) is 3.30. The lowest BCUT2D eigenvalue weighted by Gasteiger charge is -2.14. The number of carbonyl (C=O) groups is 1. The van der Waals surface area contributed by atoms with Gasteiger partial charge in [-0.1, -0.05) is 0 Å². The van der Waals surface area contributed by atoms with Crippen LogP contribution in [-0.4, -0.2) is 29.9 Å². The van der Waals surface area contributed by atoms with E-state index in [4.69, 9.17) is 4.74 Å². The molecule has 0 aliphatic carbocycles. The smallest absolute Gasteiger partial charge is 0.339 e. The van der Waals surface area contributed by atoms with E-state index < -0.39 is 23.6 Å². The maximum Gasteiger partial charge on any atom is 0.339 e. The maximum absolute atomic E-state index is 13.7. The van der Waals surface area contributed by atoms with Crippen LogP contribution in [-0.2, 0) is 9.53 Å². The molecule has 0 aliphatic heterocycles. The average molecular weight is 323 g/mol. The molecular formula is C11H12BrFO5. The van der Waals surface area contributed by atoms with E-state index in [1.807, 2.05) is 0 Å². The molecule has 0 aromatic heterocycles. The Balaban J connectivity index is 3.22. The van der Waals surface area contributed by atoms with Gasteiger partial charge in [0.1, 0.15) is 0 Å². The van der Waals surface area contributed by atoms with E-state index in [9.17, 15) is 19.4 Å². The van der Waals surface area contributed by atoms with Gasteiger partial charge in [-0.25, -0.2) is 4.79 Å². The minimum atomic E-state index is -1.76. The summed E-state index contributed by atoms with van der Waals surface area (Å²) in [6.07, 6.45) is -1.76. The quantitative estimate of drug-likeness (QED) is 0.828. The van der Waals surface area contributed by atoms with Crippen molar-refractivity contribution in [1.29, 1.82) is 0 Å². The molecule has 1 aromatic rings. The van der Waals surface area contributed by atoms with Gasteiger partial charge in [-0.15, -0.1) is 0 Å². The van der Waals surface area contributed by atoms with Crippen molar-refractivity contribution >= 4 is 21.9 Å². The highest BCUT2D eigenvalue weighted by Crippen LogP contribution is 2.39. The lowest BCUT2D eigenvalue weighted by Crippen LogP contribution is -2.16. The monoisotopic (exact) mass is 322 g/mol. The minimum absolute atomic E-state index is 0.0659. The molecule has 5 nitrogen and oxygen atoms in total. The summed E-state index contributed by atoms with van der Waals surface area (Å²) in [5.41, 5.74) is -0.293. The predicted octanol–water partition coefficient (Wildman–Crippen LogP) is 1.90. The second-order valence-corrected chi connectivity index (χ2v) is 4.15. The fraction of sp³-hybridized carbons (Fsp3) is 0.364. The van der Waals surface area contributed by atoms with Crippen LogP contribution in [0.3, 0.4) is 0 Å². The third-order valence-corrected chi connectivity index (χ3v) is 2.78. The van der Waals surface area contributed by atoms with Crippen LogP contribution >= 0.6 is 15.9 Å². The molecule has 0 amide bonds. The summed E-state index contributed by atoms with van der Waals surface area (Å²) in [6.45, 7) is 1.63. The Morgan fingerprint density at radius 2 is 2.22 bits per heavy atom. The van der Waals surface area contributed by atoms with Gasteiger partial charge in [-0.05, 0) is 28.9 Å². The first-order chi connectivity index (χ1) is 8.43. The SMILES string of the molecule is CCOC(=O)C(O)c1cc(Br)c(OC)c(F)c1O. The van der Waals surface area contributed by atoms with E-state index in [1.165, 1.54) is 13.2 Å². The molecule has 1 aromatic carbocycles. The molecule has 0 radical (unpaired) electrons. The number of phenols is 1. The molecule has 1 rings (SSSR count). The zero-order valence-corrected chi connectivity index (χ0v) is 11.3. The molecule has 1 atom stereocenters. The van der Waals surface area contributed by atoms with Crippen LogP contribution < -0.4 is 4.74 Å². The standard InChI is InChI=1S/C11H12BrFO5/c1-3-18-11(16)9(15)5-4-6(12)10(17-2)7(13)8(5)14/h4,9,14-15H,3H2,1-2H3. The fourth-order valence-electron chi connectivity index (χ4n) is 1.35. The number of benzene rings is 1. The largest absolute Gasteiger partial charge is 0.504 e. The van der Waals surface area contributed by atoms with Crippen LogP contribution in [0, 0.1) is 5.82 Å². The Hall–Kier alpha value is -1.34. The molecule has 0 heterocycles. The number of hydrogen-bond acceptors (Lipinski definition) is 5. The molecular weight excluding hydrogens is 311 g/mol. The number of halogens is 2. The average Bonchev–Trinajstić information content (AvgIpc) is 2.34. The molecule has 100 valence electrons. The predicted molar refractivity (Wildman–Crippen MR) is 63.9 cm³/mol. The molecule has 0 aliphatic rings. The number of phenolic OH excluding ortho intramolecular Hbond substituents is 1. The van der Waals surface area contributed by atoms with Crippen LogP contribution in [0.2, 0.25) is 0 Å². The zero-order valence-electron chi connectivity index (χ0n) is 9.74. The summed E-state index contributed by atoms with van der Waals surface area (Å²) in [5, 5.41) is 19.2. The highest BCUT2D eigenvalue weighted by atomic mass is 79.9.